The van der Waals surface area contributed by atoms with E-state index in [1.54, 1.807) is 0 Å². The maximum atomic E-state index is 11.0. The third-order valence-electron chi connectivity index (χ3n) is 4.27. The van der Waals surface area contributed by atoms with Gasteiger partial charge in [0.2, 0.25) is 5.91 Å². The number of hydrogen-bond donors (Lipinski definition) is 2. The van der Waals surface area contributed by atoms with Gasteiger partial charge in [0.15, 0.2) is 0 Å². The molecule has 1 saturated carbocycles. The predicted octanol–water partition coefficient (Wildman–Crippen LogP) is 1.36. The first-order valence-corrected chi connectivity index (χ1v) is 5.68. The van der Waals surface area contributed by atoms with Gasteiger partial charge in [-0.05, 0) is 39.0 Å². The number of primary amides is 1. The highest BCUT2D eigenvalue weighted by molar-refractivity contribution is 5.78. The van der Waals surface area contributed by atoms with E-state index in [0.717, 1.165) is 32.1 Å². The van der Waals surface area contributed by atoms with Crippen LogP contribution in [0.1, 0.15) is 39.0 Å². The summed E-state index contributed by atoms with van der Waals surface area (Å²) in [5.74, 6) is -0.384. The lowest BCUT2D eigenvalue weighted by Crippen LogP contribution is -2.42. The molecule has 15 heavy (non-hydrogen) atoms. The molecule has 84 valence electrons. The van der Waals surface area contributed by atoms with Gasteiger partial charge in [-0.3, -0.25) is 4.79 Å². The molecule has 2 aliphatic carbocycles. The maximum absolute atomic E-state index is 11.0. The average molecular weight is 209 g/mol. The first-order chi connectivity index (χ1) is 6.97. The summed E-state index contributed by atoms with van der Waals surface area (Å²) >= 11 is 0. The van der Waals surface area contributed by atoms with Crippen molar-refractivity contribution in [1.29, 1.82) is 0 Å². The van der Waals surface area contributed by atoms with E-state index in [9.17, 15) is 9.90 Å². The predicted molar refractivity (Wildman–Crippen MR) is 58.0 cm³/mol. The molecular formula is C12H19NO2. The summed E-state index contributed by atoms with van der Waals surface area (Å²) in [7, 11) is 0. The molecule has 2 rings (SSSR count). The van der Waals surface area contributed by atoms with Gasteiger partial charge < -0.3 is 10.8 Å². The second-order valence-electron chi connectivity index (χ2n) is 5.19. The Labute approximate surface area is 90.3 Å². The Bertz CT molecular complexity index is 309. The first kappa shape index (κ1) is 10.7. The zero-order valence-corrected chi connectivity index (χ0v) is 9.20. The second-order valence-corrected chi connectivity index (χ2v) is 5.19. The summed E-state index contributed by atoms with van der Waals surface area (Å²) < 4.78 is 0. The molecule has 0 aromatic heterocycles. The molecule has 2 aliphatic rings. The molecule has 1 spiro atoms. The summed E-state index contributed by atoms with van der Waals surface area (Å²) in [4.78, 5) is 11.0. The van der Waals surface area contributed by atoms with Crippen LogP contribution in [0.2, 0.25) is 0 Å². The minimum atomic E-state index is -0.605. The van der Waals surface area contributed by atoms with Crippen molar-refractivity contribution in [3.63, 3.8) is 0 Å². The molecule has 0 aromatic carbocycles. The van der Waals surface area contributed by atoms with Crippen LogP contribution in [-0.4, -0.2) is 16.6 Å². The van der Waals surface area contributed by atoms with E-state index in [1.165, 1.54) is 0 Å². The number of amides is 1. The fraction of sp³-hybridized carbons (Fsp3) is 0.750. The van der Waals surface area contributed by atoms with Crippen LogP contribution in [0.25, 0.3) is 0 Å². The highest BCUT2D eigenvalue weighted by atomic mass is 16.3. The molecule has 1 amide bonds. The molecule has 3 nitrogen and oxygen atoms in total. The third kappa shape index (κ3) is 1.59. The molecule has 1 fully saturated rings. The van der Waals surface area contributed by atoms with Gasteiger partial charge in [0, 0.05) is 5.41 Å². The largest absolute Gasteiger partial charge is 0.389 e. The van der Waals surface area contributed by atoms with Crippen LogP contribution in [0.15, 0.2) is 12.2 Å². The van der Waals surface area contributed by atoms with Gasteiger partial charge in [-0.25, -0.2) is 0 Å². The number of aliphatic hydroxyl groups is 1. The van der Waals surface area contributed by atoms with E-state index < -0.39 is 5.60 Å². The van der Waals surface area contributed by atoms with E-state index in [-0.39, 0.29) is 17.2 Å². The molecule has 3 heteroatoms. The van der Waals surface area contributed by atoms with Crippen molar-refractivity contribution in [2.24, 2.45) is 17.1 Å². The van der Waals surface area contributed by atoms with Gasteiger partial charge in [-0.2, -0.15) is 0 Å². The van der Waals surface area contributed by atoms with Gasteiger partial charge in [-0.15, -0.1) is 0 Å². The Balaban J connectivity index is 2.21. The Morgan fingerprint density at radius 1 is 1.47 bits per heavy atom. The van der Waals surface area contributed by atoms with E-state index in [1.807, 2.05) is 19.1 Å². The lowest BCUT2D eigenvalue weighted by atomic mass is 9.67. The quantitative estimate of drug-likeness (QED) is 0.640. The number of rotatable bonds is 1. The highest BCUT2D eigenvalue weighted by Gasteiger charge is 2.50. The number of carbonyl (C=O) groups excluding carboxylic acids is 1. The summed E-state index contributed by atoms with van der Waals surface area (Å²) in [6.07, 6.45) is 8.55. The lowest BCUT2D eigenvalue weighted by molar-refractivity contribution is -0.121. The molecule has 0 radical (unpaired) electrons. The fourth-order valence-electron chi connectivity index (χ4n) is 3.05. The van der Waals surface area contributed by atoms with E-state index in [2.05, 4.69) is 0 Å². The van der Waals surface area contributed by atoms with Crippen LogP contribution >= 0.6 is 0 Å². The van der Waals surface area contributed by atoms with Crippen molar-refractivity contribution in [3.05, 3.63) is 12.2 Å². The molecule has 3 N–H and O–H groups in total. The van der Waals surface area contributed by atoms with Crippen molar-refractivity contribution in [2.75, 3.05) is 0 Å². The van der Waals surface area contributed by atoms with Crippen LogP contribution in [0.5, 0.6) is 0 Å². The molecular weight excluding hydrogens is 190 g/mol. The minimum Gasteiger partial charge on any atom is -0.389 e. The highest BCUT2D eigenvalue weighted by Crippen LogP contribution is 2.52. The molecule has 0 bridgehead atoms. The van der Waals surface area contributed by atoms with Crippen LogP contribution in [0.3, 0.4) is 0 Å². The summed E-state index contributed by atoms with van der Waals surface area (Å²) in [6, 6.07) is 0. The van der Waals surface area contributed by atoms with Crippen LogP contribution < -0.4 is 5.73 Å². The standard InChI is InChI=1S/C12H19NO2/c1-11(15)5-2-6-12(11)7-3-9(4-8-12)10(13)14/h3,7,9,15H,2,4-6,8H2,1H3,(H2,13,14)/t9-,11-,12+/m1/s1. The SMILES string of the molecule is C[C@@]1(O)CCC[C@@]12C=C[C@@H](C(N)=O)CC2. The van der Waals surface area contributed by atoms with Crippen molar-refractivity contribution < 1.29 is 9.90 Å². The second kappa shape index (κ2) is 3.34. The van der Waals surface area contributed by atoms with Crippen molar-refractivity contribution in [2.45, 2.75) is 44.6 Å². The minimum absolute atomic E-state index is 0.0983. The van der Waals surface area contributed by atoms with Crippen LogP contribution in [-0.2, 0) is 4.79 Å². The molecule has 0 unspecified atom stereocenters. The fourth-order valence-corrected chi connectivity index (χ4v) is 3.05. The summed E-state index contributed by atoms with van der Waals surface area (Å²) in [6.45, 7) is 1.91. The zero-order chi connectivity index (χ0) is 11.1. The number of carbonyl (C=O) groups is 1. The molecule has 0 heterocycles. The number of nitrogens with two attached hydrogens (primary N) is 1. The van der Waals surface area contributed by atoms with Crippen LogP contribution in [0.4, 0.5) is 0 Å². The Hall–Kier alpha value is -0.830. The third-order valence-corrected chi connectivity index (χ3v) is 4.27. The van der Waals surface area contributed by atoms with Gasteiger partial charge in [0.1, 0.15) is 0 Å². The normalized spacial score (nSPS) is 44.8. The van der Waals surface area contributed by atoms with Gasteiger partial charge >= 0.3 is 0 Å². The average Bonchev–Trinajstić information content (AvgIpc) is 2.43. The number of hydrogen-bond acceptors (Lipinski definition) is 2. The Morgan fingerprint density at radius 3 is 2.60 bits per heavy atom. The van der Waals surface area contributed by atoms with E-state index in [4.69, 9.17) is 5.73 Å². The van der Waals surface area contributed by atoms with Crippen LogP contribution in [0, 0.1) is 11.3 Å². The molecule has 0 aromatic rings. The van der Waals surface area contributed by atoms with Gasteiger partial charge in [0.25, 0.3) is 0 Å². The Morgan fingerprint density at radius 2 is 2.20 bits per heavy atom. The Kier molecular flexibility index (Phi) is 2.38. The smallest absolute Gasteiger partial charge is 0.224 e. The molecule has 0 saturated heterocycles. The first-order valence-electron chi connectivity index (χ1n) is 5.68. The summed E-state index contributed by atoms with van der Waals surface area (Å²) in [5, 5.41) is 10.3. The zero-order valence-electron chi connectivity index (χ0n) is 9.20. The molecule has 3 atom stereocenters. The summed E-state index contributed by atoms with van der Waals surface area (Å²) in [5.41, 5.74) is 4.57. The van der Waals surface area contributed by atoms with Crippen molar-refractivity contribution >= 4 is 5.91 Å². The maximum Gasteiger partial charge on any atom is 0.224 e. The van der Waals surface area contributed by atoms with E-state index >= 15 is 0 Å². The topological polar surface area (TPSA) is 63.3 Å². The van der Waals surface area contributed by atoms with Gasteiger partial charge in [-0.1, -0.05) is 12.2 Å². The monoisotopic (exact) mass is 209 g/mol. The van der Waals surface area contributed by atoms with E-state index in [0.29, 0.717) is 0 Å². The lowest BCUT2D eigenvalue weighted by Gasteiger charge is -2.41. The molecule has 0 aliphatic heterocycles. The van der Waals surface area contributed by atoms with Crippen molar-refractivity contribution in [1.82, 2.24) is 0 Å². The van der Waals surface area contributed by atoms with Crippen molar-refractivity contribution in [3.8, 4) is 0 Å². The van der Waals surface area contributed by atoms with Gasteiger partial charge in [0.05, 0.1) is 11.5 Å².